The number of piperidine rings is 1. The molecule has 176 valence electrons. The van der Waals surface area contributed by atoms with Gasteiger partial charge >= 0.3 is 0 Å². The van der Waals surface area contributed by atoms with Crippen LogP contribution in [0.25, 0.3) is 11.1 Å². The molecule has 9 heteroatoms. The van der Waals surface area contributed by atoms with Gasteiger partial charge in [0.1, 0.15) is 24.6 Å². The summed E-state index contributed by atoms with van der Waals surface area (Å²) in [4.78, 5) is 24.9. The van der Waals surface area contributed by atoms with E-state index in [-0.39, 0.29) is 25.4 Å². The van der Waals surface area contributed by atoms with Gasteiger partial charge < -0.3 is 25.8 Å². The summed E-state index contributed by atoms with van der Waals surface area (Å²) >= 11 is 0. The van der Waals surface area contributed by atoms with Crippen molar-refractivity contribution in [1.82, 2.24) is 4.90 Å². The summed E-state index contributed by atoms with van der Waals surface area (Å²) in [5.41, 5.74) is 8.87. The Morgan fingerprint density at radius 3 is 2.58 bits per heavy atom. The summed E-state index contributed by atoms with van der Waals surface area (Å²) in [7, 11) is 0. The molecule has 1 saturated heterocycles. The van der Waals surface area contributed by atoms with Crippen molar-refractivity contribution in [3.8, 4) is 16.9 Å². The van der Waals surface area contributed by atoms with Crippen LogP contribution in [0.2, 0.25) is 0 Å². The lowest BCUT2D eigenvalue weighted by atomic mass is 10.0. The molecule has 0 radical (unpaired) electrons. The molecular formula is C24H27F2N3O4. The fourth-order valence-corrected chi connectivity index (χ4v) is 3.99. The second-order valence-electron chi connectivity index (χ2n) is 8.41. The van der Waals surface area contributed by atoms with Crippen LogP contribution in [0.5, 0.6) is 5.75 Å². The van der Waals surface area contributed by atoms with E-state index in [1.165, 1.54) is 4.90 Å². The summed E-state index contributed by atoms with van der Waals surface area (Å²) in [6.07, 6.45) is -2.58. The summed E-state index contributed by atoms with van der Waals surface area (Å²) in [5, 5.41) is 11.7. The largest absolute Gasteiger partial charge is 0.487 e. The molecule has 33 heavy (non-hydrogen) atoms. The highest BCUT2D eigenvalue weighted by Crippen LogP contribution is 2.35. The van der Waals surface area contributed by atoms with Crippen molar-refractivity contribution in [2.75, 3.05) is 25.0 Å². The maximum atomic E-state index is 14.6. The number of carbonyl (C=O) groups excluding carboxylic acids is 2. The van der Waals surface area contributed by atoms with Crippen LogP contribution in [0.15, 0.2) is 42.5 Å². The Hall–Kier alpha value is -3.04. The molecule has 7 nitrogen and oxygen atoms in total. The smallest absolute Gasteiger partial charge is 0.248 e. The van der Waals surface area contributed by atoms with Gasteiger partial charge in [0, 0.05) is 30.8 Å². The zero-order chi connectivity index (χ0) is 23.5. The molecule has 0 bridgehead atoms. The molecule has 1 aliphatic heterocycles. The van der Waals surface area contributed by atoms with Gasteiger partial charge in [0.15, 0.2) is 6.17 Å². The predicted molar refractivity (Wildman–Crippen MR) is 119 cm³/mol. The number of benzene rings is 2. The molecule has 0 aromatic heterocycles. The van der Waals surface area contributed by atoms with E-state index in [2.05, 4.69) is 5.32 Å². The third-order valence-corrected chi connectivity index (χ3v) is 6.04. The van der Waals surface area contributed by atoms with Crippen LogP contribution in [-0.2, 0) is 16.1 Å². The number of hydrogen-bond acceptors (Lipinski definition) is 5. The summed E-state index contributed by atoms with van der Waals surface area (Å²) in [6, 6.07) is 12.6. The van der Waals surface area contributed by atoms with Crippen molar-refractivity contribution >= 4 is 17.5 Å². The average molecular weight is 459 g/mol. The number of nitrogens with two attached hydrogens (primary N) is 1. The molecule has 4 N–H and O–H groups in total. The maximum Gasteiger partial charge on any atom is 0.248 e. The third-order valence-electron chi connectivity index (χ3n) is 6.04. The Labute approximate surface area is 190 Å². The van der Waals surface area contributed by atoms with Crippen LogP contribution in [0.3, 0.4) is 0 Å². The van der Waals surface area contributed by atoms with Gasteiger partial charge in [-0.15, -0.1) is 0 Å². The minimum Gasteiger partial charge on any atom is -0.487 e. The molecule has 0 unspecified atom stereocenters. The number of carbonyl (C=O) groups is 2. The summed E-state index contributed by atoms with van der Waals surface area (Å²) < 4.78 is 33.6. The number of anilines is 1. The standard InChI is InChI=1S/C24H27F2N3O4/c25-19-10-18(19)24(32)28-17-3-1-2-14(9-17)15-4-5-21(16(8-15)11-27)33-22-6-7-29(12-20(22)26)23(31)13-30/h1-5,8-9,18-20,22,30H,6-7,10-13,27H2,(H,28,32)/t18-,19-,20-,22+/m1/s1. The van der Waals surface area contributed by atoms with Gasteiger partial charge in [0.2, 0.25) is 11.8 Å². The summed E-state index contributed by atoms with van der Waals surface area (Å²) in [6.45, 7) is -0.275. The SMILES string of the molecule is NCc1cc(-c2cccc(NC(=O)[C@@H]3C[C@H]3F)c2)ccc1O[C@H]1CCN(C(=O)CO)C[C@H]1F. The Balaban J connectivity index is 1.46. The Kier molecular flexibility index (Phi) is 6.90. The quantitative estimate of drug-likeness (QED) is 0.590. The number of aliphatic hydroxyl groups is 1. The lowest BCUT2D eigenvalue weighted by Gasteiger charge is -2.34. The fraction of sp³-hybridized carbons (Fsp3) is 0.417. The van der Waals surface area contributed by atoms with Gasteiger partial charge in [-0.1, -0.05) is 18.2 Å². The van der Waals surface area contributed by atoms with Crippen LogP contribution < -0.4 is 15.8 Å². The van der Waals surface area contributed by atoms with Gasteiger partial charge in [-0.05, 0) is 41.8 Å². The first-order valence-corrected chi connectivity index (χ1v) is 11.0. The number of alkyl halides is 2. The predicted octanol–water partition coefficient (Wildman–Crippen LogP) is 2.42. The van der Waals surface area contributed by atoms with Crippen molar-refractivity contribution in [3.63, 3.8) is 0 Å². The van der Waals surface area contributed by atoms with Gasteiger partial charge in [0.05, 0.1) is 12.5 Å². The zero-order valence-corrected chi connectivity index (χ0v) is 18.0. The molecule has 0 spiro atoms. The average Bonchev–Trinajstić information content (AvgIpc) is 3.57. The second kappa shape index (κ2) is 9.84. The molecule has 2 aliphatic rings. The molecule has 1 aliphatic carbocycles. The van der Waals surface area contributed by atoms with E-state index in [1.54, 1.807) is 24.3 Å². The van der Waals surface area contributed by atoms with E-state index in [0.29, 0.717) is 30.0 Å². The van der Waals surface area contributed by atoms with E-state index in [0.717, 1.165) is 11.1 Å². The van der Waals surface area contributed by atoms with Crippen molar-refractivity contribution in [2.24, 2.45) is 11.7 Å². The Bertz CT molecular complexity index is 1030. The van der Waals surface area contributed by atoms with Crippen LogP contribution >= 0.6 is 0 Å². The summed E-state index contributed by atoms with van der Waals surface area (Å²) in [5.74, 6) is -0.911. The van der Waals surface area contributed by atoms with E-state index < -0.39 is 36.9 Å². The maximum absolute atomic E-state index is 14.6. The van der Waals surface area contributed by atoms with Gasteiger partial charge in [-0.3, -0.25) is 9.59 Å². The number of amides is 2. The lowest BCUT2D eigenvalue weighted by Crippen LogP contribution is -2.50. The second-order valence-corrected chi connectivity index (χ2v) is 8.41. The van der Waals surface area contributed by atoms with Crippen molar-refractivity contribution in [1.29, 1.82) is 0 Å². The number of rotatable bonds is 7. The first kappa shape index (κ1) is 23.1. The molecule has 1 saturated carbocycles. The van der Waals surface area contributed by atoms with E-state index >= 15 is 0 Å². The lowest BCUT2D eigenvalue weighted by molar-refractivity contribution is -0.138. The van der Waals surface area contributed by atoms with Crippen LogP contribution in [-0.4, -0.2) is 60.0 Å². The minimum absolute atomic E-state index is 0.122. The van der Waals surface area contributed by atoms with Crippen molar-refractivity contribution < 1.29 is 28.2 Å². The van der Waals surface area contributed by atoms with E-state index in [1.807, 2.05) is 18.2 Å². The number of ether oxygens (including phenoxy) is 1. The van der Waals surface area contributed by atoms with Gasteiger partial charge in [-0.2, -0.15) is 0 Å². The van der Waals surface area contributed by atoms with E-state index in [9.17, 15) is 18.4 Å². The van der Waals surface area contributed by atoms with Crippen LogP contribution in [0.4, 0.5) is 14.5 Å². The third kappa shape index (κ3) is 5.31. The van der Waals surface area contributed by atoms with Crippen molar-refractivity contribution in [2.45, 2.75) is 37.8 Å². The van der Waals surface area contributed by atoms with Gasteiger partial charge in [0.25, 0.3) is 0 Å². The minimum atomic E-state index is -1.38. The molecule has 1 heterocycles. The van der Waals surface area contributed by atoms with E-state index in [4.69, 9.17) is 15.6 Å². The van der Waals surface area contributed by atoms with Crippen LogP contribution in [0, 0.1) is 5.92 Å². The highest BCUT2D eigenvalue weighted by Gasteiger charge is 2.43. The number of likely N-dealkylation sites (tertiary alicyclic amines) is 1. The number of hydrogen-bond donors (Lipinski definition) is 3. The molecular weight excluding hydrogens is 432 g/mol. The topological polar surface area (TPSA) is 105 Å². The first-order chi connectivity index (χ1) is 15.9. The van der Waals surface area contributed by atoms with Gasteiger partial charge in [-0.25, -0.2) is 8.78 Å². The molecule has 4 atom stereocenters. The zero-order valence-electron chi connectivity index (χ0n) is 18.0. The first-order valence-electron chi connectivity index (χ1n) is 11.0. The van der Waals surface area contributed by atoms with Crippen LogP contribution in [0.1, 0.15) is 18.4 Å². The number of halogens is 2. The Morgan fingerprint density at radius 1 is 1.15 bits per heavy atom. The van der Waals surface area contributed by atoms with Crippen molar-refractivity contribution in [3.05, 3.63) is 48.0 Å². The Morgan fingerprint density at radius 2 is 1.91 bits per heavy atom. The molecule has 2 aromatic rings. The molecule has 2 fully saturated rings. The molecule has 4 rings (SSSR count). The fourth-order valence-electron chi connectivity index (χ4n) is 3.99. The number of nitrogens with zero attached hydrogens (tertiary/aromatic N) is 1. The monoisotopic (exact) mass is 459 g/mol. The number of aliphatic hydroxyl groups excluding tert-OH is 1. The molecule has 2 aromatic carbocycles. The normalized spacial score (nSPS) is 24.3. The number of nitrogens with one attached hydrogen (secondary N) is 1. The molecule has 2 amide bonds. The highest BCUT2D eigenvalue weighted by molar-refractivity contribution is 5.95. The highest BCUT2D eigenvalue weighted by atomic mass is 19.1.